The zero-order valence-corrected chi connectivity index (χ0v) is 11.5. The first-order valence-electron chi connectivity index (χ1n) is 5.94. The van der Waals surface area contributed by atoms with Crippen LogP contribution in [-0.4, -0.2) is 25.6 Å². The largest absolute Gasteiger partial charge is 0.477 e. The molecule has 0 amide bonds. The van der Waals surface area contributed by atoms with Crippen molar-refractivity contribution in [2.24, 2.45) is 7.05 Å². The van der Waals surface area contributed by atoms with E-state index in [1.54, 1.807) is 12.4 Å². The smallest absolute Gasteiger partial charge is 0.348 e. The van der Waals surface area contributed by atoms with Crippen molar-refractivity contribution in [1.82, 2.24) is 14.5 Å². The number of benzene rings is 1. The minimum absolute atomic E-state index is 0.231. The summed E-state index contributed by atoms with van der Waals surface area (Å²) in [5.74, 6) is -0.304. The van der Waals surface area contributed by atoms with E-state index in [9.17, 15) is 9.90 Å². The van der Waals surface area contributed by atoms with Crippen LogP contribution in [0.4, 0.5) is 0 Å². The maximum atomic E-state index is 11.4. The Morgan fingerprint density at radius 2 is 2.05 bits per heavy atom. The number of carboxylic acids is 1. The fourth-order valence-electron chi connectivity index (χ4n) is 1.92. The molecule has 0 aliphatic heterocycles. The van der Waals surface area contributed by atoms with Gasteiger partial charge >= 0.3 is 5.97 Å². The predicted molar refractivity (Wildman–Crippen MR) is 76.7 cm³/mol. The number of hydrogen-bond donors (Lipinski definition) is 1. The minimum atomic E-state index is -0.971. The Labute approximate surface area is 119 Å². The van der Waals surface area contributed by atoms with Gasteiger partial charge in [-0.1, -0.05) is 30.3 Å². The van der Waals surface area contributed by atoms with Crippen LogP contribution in [0.25, 0.3) is 22.1 Å². The molecule has 3 rings (SSSR count). The van der Waals surface area contributed by atoms with Gasteiger partial charge in [0.25, 0.3) is 0 Å². The molecule has 2 aromatic heterocycles. The van der Waals surface area contributed by atoms with Gasteiger partial charge in [0.1, 0.15) is 4.88 Å². The molecular formula is C14H11N3O2S. The van der Waals surface area contributed by atoms with Crippen LogP contribution in [0.5, 0.6) is 0 Å². The fourth-order valence-corrected chi connectivity index (χ4v) is 2.89. The molecule has 0 aliphatic carbocycles. The first-order chi connectivity index (χ1) is 9.66. The second-order valence-electron chi connectivity index (χ2n) is 4.23. The van der Waals surface area contributed by atoms with E-state index < -0.39 is 5.97 Å². The molecule has 3 aromatic rings. The molecule has 1 aromatic carbocycles. The molecule has 2 heterocycles. The Hall–Kier alpha value is -2.47. The van der Waals surface area contributed by atoms with Crippen molar-refractivity contribution < 1.29 is 9.90 Å². The van der Waals surface area contributed by atoms with E-state index >= 15 is 0 Å². The molecule has 100 valence electrons. The topological polar surface area (TPSA) is 68.0 Å². The SMILES string of the molecule is Cn1ccnc1-c1nc(-c2ccccc2)c(C(=O)O)s1. The maximum absolute atomic E-state index is 11.4. The van der Waals surface area contributed by atoms with Crippen molar-refractivity contribution in [2.75, 3.05) is 0 Å². The third kappa shape index (κ3) is 2.10. The normalized spacial score (nSPS) is 10.7. The Morgan fingerprint density at radius 3 is 2.65 bits per heavy atom. The first kappa shape index (κ1) is 12.6. The molecule has 5 nitrogen and oxygen atoms in total. The van der Waals surface area contributed by atoms with E-state index in [0.29, 0.717) is 16.5 Å². The van der Waals surface area contributed by atoms with Crippen molar-refractivity contribution in [3.63, 3.8) is 0 Å². The van der Waals surface area contributed by atoms with Gasteiger partial charge in [0, 0.05) is 25.0 Å². The number of carbonyl (C=O) groups is 1. The second-order valence-corrected chi connectivity index (χ2v) is 5.23. The summed E-state index contributed by atoms with van der Waals surface area (Å²) in [6.07, 6.45) is 3.47. The summed E-state index contributed by atoms with van der Waals surface area (Å²) in [4.78, 5) is 20.3. The lowest BCUT2D eigenvalue weighted by Gasteiger charge is -1.97. The van der Waals surface area contributed by atoms with Gasteiger partial charge in [-0.3, -0.25) is 0 Å². The van der Waals surface area contributed by atoms with Gasteiger partial charge in [-0.25, -0.2) is 14.8 Å². The molecular weight excluding hydrogens is 274 g/mol. The van der Waals surface area contributed by atoms with Crippen molar-refractivity contribution in [1.29, 1.82) is 0 Å². The summed E-state index contributed by atoms with van der Waals surface area (Å²) in [7, 11) is 1.85. The molecule has 0 bridgehead atoms. The first-order valence-corrected chi connectivity index (χ1v) is 6.75. The second kappa shape index (κ2) is 4.90. The van der Waals surface area contributed by atoms with Gasteiger partial charge in [-0.2, -0.15) is 0 Å². The summed E-state index contributed by atoms with van der Waals surface area (Å²) in [6, 6.07) is 9.31. The number of aromatic carboxylic acids is 1. The van der Waals surface area contributed by atoms with Crippen molar-refractivity contribution in [3.8, 4) is 22.1 Å². The van der Waals surface area contributed by atoms with Crippen LogP contribution in [-0.2, 0) is 7.05 Å². The van der Waals surface area contributed by atoms with Gasteiger partial charge in [0.15, 0.2) is 10.8 Å². The highest BCUT2D eigenvalue weighted by Gasteiger charge is 2.20. The van der Waals surface area contributed by atoms with E-state index in [2.05, 4.69) is 9.97 Å². The average molecular weight is 285 g/mol. The number of thiazole rings is 1. The van der Waals surface area contributed by atoms with Crippen LogP contribution in [0.3, 0.4) is 0 Å². The lowest BCUT2D eigenvalue weighted by molar-refractivity contribution is 0.0702. The summed E-state index contributed by atoms with van der Waals surface area (Å²) >= 11 is 1.14. The highest BCUT2D eigenvalue weighted by atomic mass is 32.1. The van der Waals surface area contributed by atoms with Gasteiger partial charge in [0.05, 0.1) is 5.69 Å². The van der Waals surface area contributed by atoms with Crippen molar-refractivity contribution in [3.05, 3.63) is 47.6 Å². The zero-order valence-electron chi connectivity index (χ0n) is 10.6. The van der Waals surface area contributed by atoms with Gasteiger partial charge in [-0.15, -0.1) is 11.3 Å². The number of hydrogen-bond acceptors (Lipinski definition) is 4. The van der Waals surface area contributed by atoms with Crippen LogP contribution in [0, 0.1) is 0 Å². The zero-order chi connectivity index (χ0) is 14.1. The highest BCUT2D eigenvalue weighted by Crippen LogP contribution is 2.32. The molecule has 1 N–H and O–H groups in total. The van der Waals surface area contributed by atoms with Crippen LogP contribution < -0.4 is 0 Å². The molecule has 0 spiro atoms. The fraction of sp³-hybridized carbons (Fsp3) is 0.0714. The highest BCUT2D eigenvalue weighted by molar-refractivity contribution is 7.17. The van der Waals surface area contributed by atoms with E-state index in [4.69, 9.17) is 0 Å². The number of carboxylic acid groups (broad SMARTS) is 1. The van der Waals surface area contributed by atoms with E-state index in [0.717, 1.165) is 16.9 Å². The summed E-state index contributed by atoms with van der Waals surface area (Å²) < 4.78 is 1.82. The van der Waals surface area contributed by atoms with Gasteiger partial charge < -0.3 is 9.67 Å². The average Bonchev–Trinajstić information content (AvgIpc) is 3.05. The summed E-state index contributed by atoms with van der Waals surface area (Å²) in [6.45, 7) is 0. The summed E-state index contributed by atoms with van der Waals surface area (Å²) in [5, 5.41) is 9.96. The van der Waals surface area contributed by atoms with Crippen LogP contribution >= 0.6 is 11.3 Å². The molecule has 20 heavy (non-hydrogen) atoms. The Bertz CT molecular complexity index is 762. The van der Waals surface area contributed by atoms with Crippen LogP contribution in [0.2, 0.25) is 0 Å². The van der Waals surface area contributed by atoms with Crippen LogP contribution in [0.15, 0.2) is 42.7 Å². The number of rotatable bonds is 3. The predicted octanol–water partition coefficient (Wildman–Crippen LogP) is 2.91. The van der Waals surface area contributed by atoms with E-state index in [1.807, 2.05) is 41.9 Å². The van der Waals surface area contributed by atoms with Crippen LogP contribution in [0.1, 0.15) is 9.67 Å². The standard InChI is InChI=1S/C14H11N3O2S/c1-17-8-7-15-12(17)13-16-10(11(20-13)14(18)19)9-5-3-2-4-6-9/h2-8H,1H3,(H,18,19). The van der Waals surface area contributed by atoms with Gasteiger partial charge in [-0.05, 0) is 0 Å². The number of imidazole rings is 1. The maximum Gasteiger partial charge on any atom is 0.348 e. The molecule has 0 fully saturated rings. The quantitative estimate of drug-likeness (QED) is 0.803. The van der Waals surface area contributed by atoms with E-state index in [1.165, 1.54) is 0 Å². The molecule has 0 atom stereocenters. The molecule has 0 aliphatic rings. The Kier molecular flexibility index (Phi) is 3.08. The lowest BCUT2D eigenvalue weighted by Crippen LogP contribution is -1.95. The minimum Gasteiger partial charge on any atom is -0.477 e. The molecule has 0 radical (unpaired) electrons. The number of nitrogens with zero attached hydrogens (tertiary/aromatic N) is 3. The molecule has 0 unspecified atom stereocenters. The third-order valence-corrected chi connectivity index (χ3v) is 3.92. The molecule has 0 saturated heterocycles. The number of aromatic nitrogens is 3. The molecule has 6 heteroatoms. The summed E-state index contributed by atoms with van der Waals surface area (Å²) in [5.41, 5.74) is 1.28. The molecule has 0 saturated carbocycles. The Morgan fingerprint density at radius 1 is 1.30 bits per heavy atom. The monoisotopic (exact) mass is 285 g/mol. The van der Waals surface area contributed by atoms with Crippen molar-refractivity contribution >= 4 is 17.3 Å². The third-order valence-electron chi connectivity index (χ3n) is 2.88. The lowest BCUT2D eigenvalue weighted by atomic mass is 10.1. The van der Waals surface area contributed by atoms with Gasteiger partial charge in [0.2, 0.25) is 0 Å². The van der Waals surface area contributed by atoms with E-state index in [-0.39, 0.29) is 4.88 Å². The Balaban J connectivity index is 2.18. The number of aryl methyl sites for hydroxylation is 1. The van der Waals surface area contributed by atoms with Crippen molar-refractivity contribution in [2.45, 2.75) is 0 Å².